The van der Waals surface area contributed by atoms with Gasteiger partial charge < -0.3 is 10.3 Å². The third kappa shape index (κ3) is 3.20. The molecule has 0 amide bonds. The molecule has 106 valence electrons. The summed E-state index contributed by atoms with van der Waals surface area (Å²) in [7, 11) is 0. The van der Waals surface area contributed by atoms with Crippen LogP contribution < -0.4 is 10.9 Å². The smallest absolute Gasteiger partial charge is 0.257 e. The van der Waals surface area contributed by atoms with E-state index in [1.54, 1.807) is 0 Å². The molecule has 0 fully saturated rings. The van der Waals surface area contributed by atoms with Crippen LogP contribution in [0.4, 0.5) is 0 Å². The predicted molar refractivity (Wildman–Crippen MR) is 85.1 cm³/mol. The molecule has 3 nitrogen and oxygen atoms in total. The second-order valence-corrected chi connectivity index (χ2v) is 5.40. The fourth-order valence-electron chi connectivity index (χ4n) is 2.52. The molecule has 0 aliphatic carbocycles. The minimum atomic E-state index is 0.0115. The molecule has 1 heterocycles. The lowest BCUT2D eigenvalue weighted by atomic mass is 10.1. The lowest BCUT2D eigenvalue weighted by Crippen LogP contribution is -2.81. The molecule has 3 rings (SSSR count). The van der Waals surface area contributed by atoms with Crippen molar-refractivity contribution < 1.29 is 5.32 Å². The van der Waals surface area contributed by atoms with E-state index in [-0.39, 0.29) is 5.56 Å². The van der Waals surface area contributed by atoms with Gasteiger partial charge in [-0.2, -0.15) is 0 Å². The van der Waals surface area contributed by atoms with Gasteiger partial charge in [-0.1, -0.05) is 42.5 Å². The zero-order chi connectivity index (χ0) is 14.7. The third-order valence-electron chi connectivity index (χ3n) is 3.67. The maximum Gasteiger partial charge on any atom is 0.257 e. The van der Waals surface area contributed by atoms with E-state index in [0.29, 0.717) is 6.54 Å². The van der Waals surface area contributed by atoms with Gasteiger partial charge in [0.25, 0.3) is 5.56 Å². The van der Waals surface area contributed by atoms with E-state index < -0.39 is 0 Å². The summed E-state index contributed by atoms with van der Waals surface area (Å²) in [6.45, 7) is 3.60. The average Bonchev–Trinajstić information content (AvgIpc) is 2.49. The highest BCUT2D eigenvalue weighted by Crippen LogP contribution is 2.12. The second-order valence-electron chi connectivity index (χ2n) is 5.40. The summed E-state index contributed by atoms with van der Waals surface area (Å²) >= 11 is 0. The minimum Gasteiger partial charge on any atom is -0.339 e. The van der Waals surface area contributed by atoms with Crippen molar-refractivity contribution in [2.24, 2.45) is 0 Å². The van der Waals surface area contributed by atoms with Gasteiger partial charge in [-0.15, -0.1) is 0 Å². The summed E-state index contributed by atoms with van der Waals surface area (Å²) in [4.78, 5) is 15.1. The summed E-state index contributed by atoms with van der Waals surface area (Å²) in [6, 6.07) is 18.4. The molecular weight excluding hydrogens is 260 g/mol. The number of aromatic nitrogens is 1. The van der Waals surface area contributed by atoms with E-state index in [4.69, 9.17) is 0 Å². The Morgan fingerprint density at radius 3 is 2.62 bits per heavy atom. The van der Waals surface area contributed by atoms with Crippen LogP contribution in [0, 0.1) is 6.92 Å². The van der Waals surface area contributed by atoms with Crippen LogP contribution >= 0.6 is 0 Å². The summed E-state index contributed by atoms with van der Waals surface area (Å²) in [6.07, 6.45) is 0. The van der Waals surface area contributed by atoms with Crippen LogP contribution in [0.1, 0.15) is 16.7 Å². The number of fused-ring (bicyclic) bond motifs is 1. The predicted octanol–water partition coefficient (Wildman–Crippen LogP) is 2.10. The molecule has 0 radical (unpaired) electrons. The van der Waals surface area contributed by atoms with Crippen molar-refractivity contribution in [2.45, 2.75) is 20.0 Å². The van der Waals surface area contributed by atoms with Crippen molar-refractivity contribution in [3.05, 3.63) is 81.6 Å². The zero-order valence-electron chi connectivity index (χ0n) is 12.1. The first kappa shape index (κ1) is 13.6. The van der Waals surface area contributed by atoms with Crippen molar-refractivity contribution in [1.82, 2.24) is 4.98 Å². The van der Waals surface area contributed by atoms with Crippen molar-refractivity contribution in [3.63, 3.8) is 0 Å². The molecule has 0 atom stereocenters. The summed E-state index contributed by atoms with van der Waals surface area (Å²) in [5.41, 5.74) is 4.17. The van der Waals surface area contributed by atoms with Crippen molar-refractivity contribution in [3.8, 4) is 0 Å². The van der Waals surface area contributed by atoms with Crippen LogP contribution in [-0.4, -0.2) is 4.98 Å². The normalized spacial score (nSPS) is 10.9. The monoisotopic (exact) mass is 279 g/mol. The quantitative estimate of drug-likeness (QED) is 0.755. The maximum atomic E-state index is 12.1. The summed E-state index contributed by atoms with van der Waals surface area (Å²) in [5.74, 6) is 0. The van der Waals surface area contributed by atoms with Gasteiger partial charge in [0.1, 0.15) is 13.1 Å². The van der Waals surface area contributed by atoms with Crippen LogP contribution in [0.2, 0.25) is 0 Å². The van der Waals surface area contributed by atoms with Crippen LogP contribution in [0.5, 0.6) is 0 Å². The Labute approximate surface area is 123 Å². The summed E-state index contributed by atoms with van der Waals surface area (Å²) < 4.78 is 0. The Morgan fingerprint density at radius 1 is 1.00 bits per heavy atom. The van der Waals surface area contributed by atoms with Gasteiger partial charge in [-0.3, -0.25) is 4.79 Å². The SMILES string of the molecule is Cc1ccc2cc(C[NH2+]Cc3ccccc3)c(=O)[nH]c2c1. The Morgan fingerprint density at radius 2 is 1.81 bits per heavy atom. The van der Waals surface area contributed by atoms with Crippen molar-refractivity contribution in [1.29, 1.82) is 0 Å². The number of nitrogens with one attached hydrogen (secondary N) is 1. The fourth-order valence-corrected chi connectivity index (χ4v) is 2.52. The largest absolute Gasteiger partial charge is 0.339 e. The molecule has 0 saturated carbocycles. The molecule has 3 heteroatoms. The molecule has 1 aromatic heterocycles. The fraction of sp³-hybridized carbons (Fsp3) is 0.167. The standard InChI is InChI=1S/C18H18N2O/c1-13-7-8-15-10-16(18(21)20-17(15)9-13)12-19-11-14-5-3-2-4-6-14/h2-10,19H,11-12H2,1H3,(H,20,21)/p+1. The van der Waals surface area contributed by atoms with Crippen LogP contribution in [0.3, 0.4) is 0 Å². The highest BCUT2D eigenvalue weighted by Gasteiger charge is 2.05. The number of rotatable bonds is 4. The first-order valence-electron chi connectivity index (χ1n) is 7.20. The highest BCUT2D eigenvalue weighted by atomic mass is 16.1. The van der Waals surface area contributed by atoms with Gasteiger partial charge in [-0.25, -0.2) is 0 Å². The van der Waals surface area contributed by atoms with E-state index in [0.717, 1.165) is 28.6 Å². The number of nitrogens with two attached hydrogens (primary N) is 1. The van der Waals surface area contributed by atoms with Crippen molar-refractivity contribution in [2.75, 3.05) is 0 Å². The first-order chi connectivity index (χ1) is 10.2. The number of aryl methyl sites for hydroxylation is 1. The number of pyridine rings is 1. The molecule has 0 spiro atoms. The second kappa shape index (κ2) is 5.94. The number of hydrogen-bond donors (Lipinski definition) is 2. The third-order valence-corrected chi connectivity index (χ3v) is 3.67. The molecule has 21 heavy (non-hydrogen) atoms. The first-order valence-corrected chi connectivity index (χ1v) is 7.20. The molecule has 0 bridgehead atoms. The van der Waals surface area contributed by atoms with Gasteiger partial charge in [0, 0.05) is 11.1 Å². The number of benzene rings is 2. The van der Waals surface area contributed by atoms with Gasteiger partial charge in [0.15, 0.2) is 0 Å². The minimum absolute atomic E-state index is 0.0115. The lowest BCUT2D eigenvalue weighted by molar-refractivity contribution is -0.686. The van der Waals surface area contributed by atoms with Gasteiger partial charge in [0.2, 0.25) is 0 Å². The lowest BCUT2D eigenvalue weighted by Gasteiger charge is -2.04. The molecule has 0 aliphatic heterocycles. The van der Waals surface area contributed by atoms with Crippen LogP contribution in [0.25, 0.3) is 10.9 Å². The molecule has 2 aromatic carbocycles. The molecule has 3 aromatic rings. The molecule has 0 saturated heterocycles. The van der Waals surface area contributed by atoms with Crippen molar-refractivity contribution >= 4 is 10.9 Å². The Bertz CT molecular complexity index is 806. The number of quaternary nitrogens is 1. The number of aromatic amines is 1. The van der Waals surface area contributed by atoms with E-state index in [9.17, 15) is 4.79 Å². The van der Waals surface area contributed by atoms with E-state index in [2.05, 4.69) is 34.6 Å². The molecular formula is C18H19N2O+. The Balaban J connectivity index is 1.76. The molecule has 0 unspecified atom stereocenters. The molecule has 3 N–H and O–H groups in total. The van der Waals surface area contributed by atoms with Gasteiger partial charge in [0.05, 0.1) is 5.56 Å². The topological polar surface area (TPSA) is 49.5 Å². The zero-order valence-corrected chi connectivity index (χ0v) is 12.1. The van der Waals surface area contributed by atoms with Gasteiger partial charge in [-0.05, 0) is 30.0 Å². The number of hydrogen-bond acceptors (Lipinski definition) is 1. The average molecular weight is 279 g/mol. The molecule has 0 aliphatic rings. The highest BCUT2D eigenvalue weighted by molar-refractivity contribution is 5.79. The maximum absolute atomic E-state index is 12.1. The van der Waals surface area contributed by atoms with Gasteiger partial charge >= 0.3 is 0 Å². The Hall–Kier alpha value is -2.39. The van der Waals surface area contributed by atoms with Crippen LogP contribution in [0.15, 0.2) is 59.4 Å². The summed E-state index contributed by atoms with van der Waals surface area (Å²) in [5, 5.41) is 3.24. The van der Waals surface area contributed by atoms with Crippen LogP contribution in [-0.2, 0) is 13.1 Å². The number of H-pyrrole nitrogens is 1. The van der Waals surface area contributed by atoms with E-state index in [1.807, 2.05) is 37.3 Å². The van der Waals surface area contributed by atoms with E-state index in [1.165, 1.54) is 5.56 Å². The van der Waals surface area contributed by atoms with E-state index >= 15 is 0 Å². The Kier molecular flexibility index (Phi) is 3.84.